The van der Waals surface area contributed by atoms with Crippen molar-refractivity contribution in [2.75, 3.05) is 0 Å². The van der Waals surface area contributed by atoms with Gasteiger partial charge in [0.05, 0.1) is 0 Å². The average molecular weight is 190 g/mol. The number of carbonyl (C=O) groups excluding carboxylic acids is 1. The summed E-state index contributed by atoms with van der Waals surface area (Å²) in [5.74, 6) is 2.43. The average Bonchev–Trinajstić information content (AvgIpc) is 2.67. The van der Waals surface area contributed by atoms with Crippen LogP contribution in [-0.4, -0.2) is 5.78 Å². The van der Waals surface area contributed by atoms with Crippen molar-refractivity contribution in [1.29, 1.82) is 0 Å². The molecule has 0 aromatic rings. The monoisotopic (exact) mass is 190 g/mol. The maximum atomic E-state index is 11.8. The lowest BCUT2D eigenvalue weighted by molar-refractivity contribution is -0.120. The zero-order valence-electron chi connectivity index (χ0n) is 9.05. The Kier molecular flexibility index (Phi) is 1.34. The number of hydrogen-bond acceptors (Lipinski definition) is 1. The van der Waals surface area contributed by atoms with Gasteiger partial charge in [-0.3, -0.25) is 4.79 Å². The van der Waals surface area contributed by atoms with Crippen LogP contribution >= 0.6 is 0 Å². The van der Waals surface area contributed by atoms with Crippen LogP contribution in [0.25, 0.3) is 0 Å². The zero-order chi connectivity index (χ0) is 10.1. The third kappa shape index (κ3) is 0.757. The van der Waals surface area contributed by atoms with Crippen LogP contribution in [0.3, 0.4) is 0 Å². The molecule has 0 aliphatic heterocycles. The Morgan fingerprint density at radius 3 is 2.79 bits per heavy atom. The van der Waals surface area contributed by atoms with E-state index in [0.29, 0.717) is 28.4 Å². The van der Waals surface area contributed by atoms with Crippen molar-refractivity contribution in [1.82, 2.24) is 0 Å². The van der Waals surface area contributed by atoms with Crippen LogP contribution in [0.2, 0.25) is 0 Å². The molecule has 0 unspecified atom stereocenters. The molecule has 0 radical (unpaired) electrons. The number of fused-ring (bicyclic) bond motifs is 1. The molecule has 3 aliphatic carbocycles. The first-order valence-corrected chi connectivity index (χ1v) is 5.65. The van der Waals surface area contributed by atoms with E-state index in [1.165, 1.54) is 6.42 Å². The van der Waals surface area contributed by atoms with E-state index in [0.717, 1.165) is 18.8 Å². The van der Waals surface area contributed by atoms with Gasteiger partial charge in [0.2, 0.25) is 0 Å². The summed E-state index contributed by atoms with van der Waals surface area (Å²) in [5, 5.41) is 0. The molecule has 0 aromatic carbocycles. The van der Waals surface area contributed by atoms with E-state index in [9.17, 15) is 4.79 Å². The Labute approximate surface area is 85.6 Å². The lowest BCUT2D eigenvalue weighted by Crippen LogP contribution is -2.20. The minimum Gasteiger partial charge on any atom is -0.299 e. The van der Waals surface area contributed by atoms with Gasteiger partial charge in [-0.15, -0.1) is 6.58 Å². The van der Waals surface area contributed by atoms with Gasteiger partial charge in [-0.05, 0) is 35.5 Å². The van der Waals surface area contributed by atoms with Gasteiger partial charge < -0.3 is 0 Å². The molecule has 3 aliphatic rings. The number of carbonyl (C=O) groups is 1. The minimum absolute atomic E-state index is 0.331. The van der Waals surface area contributed by atoms with Crippen molar-refractivity contribution in [2.24, 2.45) is 28.6 Å². The van der Waals surface area contributed by atoms with Crippen molar-refractivity contribution in [3.05, 3.63) is 12.7 Å². The van der Waals surface area contributed by atoms with Gasteiger partial charge in [0, 0.05) is 12.3 Å². The van der Waals surface area contributed by atoms with Crippen LogP contribution in [0.15, 0.2) is 12.7 Å². The molecule has 3 saturated carbocycles. The highest BCUT2D eigenvalue weighted by Crippen LogP contribution is 2.79. The van der Waals surface area contributed by atoms with Crippen LogP contribution in [0.4, 0.5) is 0 Å². The highest BCUT2D eigenvalue weighted by Gasteiger charge is 2.77. The van der Waals surface area contributed by atoms with Gasteiger partial charge in [0.25, 0.3) is 0 Å². The molecular formula is C13H18O. The quantitative estimate of drug-likeness (QED) is 0.612. The normalized spacial score (nSPS) is 51.9. The second-order valence-electron chi connectivity index (χ2n) is 6.24. The van der Waals surface area contributed by atoms with Gasteiger partial charge in [-0.1, -0.05) is 19.9 Å². The third-order valence-corrected chi connectivity index (χ3v) is 4.89. The number of rotatable bonds is 2. The van der Waals surface area contributed by atoms with E-state index in [4.69, 9.17) is 0 Å². The van der Waals surface area contributed by atoms with E-state index >= 15 is 0 Å². The summed E-state index contributed by atoms with van der Waals surface area (Å²) in [6.45, 7) is 8.53. The summed E-state index contributed by atoms with van der Waals surface area (Å²) in [6, 6.07) is 0. The van der Waals surface area contributed by atoms with E-state index < -0.39 is 0 Å². The highest BCUT2D eigenvalue weighted by atomic mass is 16.1. The maximum Gasteiger partial charge on any atom is 0.137 e. The third-order valence-electron chi connectivity index (χ3n) is 4.89. The Balaban J connectivity index is 2.01. The summed E-state index contributed by atoms with van der Waals surface area (Å²) >= 11 is 0. The molecule has 0 bridgehead atoms. The summed E-state index contributed by atoms with van der Waals surface area (Å²) in [7, 11) is 0. The molecule has 0 heterocycles. The largest absolute Gasteiger partial charge is 0.299 e. The fourth-order valence-corrected chi connectivity index (χ4v) is 4.80. The Morgan fingerprint density at radius 2 is 2.21 bits per heavy atom. The van der Waals surface area contributed by atoms with Crippen LogP contribution in [0, 0.1) is 28.6 Å². The van der Waals surface area contributed by atoms with Crippen LogP contribution < -0.4 is 0 Å². The Morgan fingerprint density at radius 1 is 1.50 bits per heavy atom. The van der Waals surface area contributed by atoms with Crippen molar-refractivity contribution in [3.63, 3.8) is 0 Å². The van der Waals surface area contributed by atoms with E-state index in [1.807, 2.05) is 6.08 Å². The summed E-state index contributed by atoms with van der Waals surface area (Å²) in [4.78, 5) is 11.8. The molecule has 3 fully saturated rings. The van der Waals surface area contributed by atoms with E-state index in [1.54, 1.807) is 0 Å². The van der Waals surface area contributed by atoms with Crippen LogP contribution in [-0.2, 0) is 4.79 Å². The van der Waals surface area contributed by atoms with Gasteiger partial charge in [-0.2, -0.15) is 0 Å². The first-order chi connectivity index (χ1) is 6.52. The first kappa shape index (κ1) is 8.70. The topological polar surface area (TPSA) is 17.1 Å². The molecule has 1 heteroatoms. The van der Waals surface area contributed by atoms with Crippen molar-refractivity contribution >= 4 is 5.78 Å². The fraction of sp³-hybridized carbons (Fsp3) is 0.769. The molecule has 3 rings (SSSR count). The molecule has 14 heavy (non-hydrogen) atoms. The molecule has 1 nitrogen and oxygen atoms in total. The summed E-state index contributed by atoms with van der Waals surface area (Å²) in [6.07, 6.45) is 5.16. The standard InChI is InChI=1S/C13H18O/c1-4-5-13-6-8(14)9-10(11(9)13)12(2,3)7-13/h4,9-11H,1,5-7H2,2-3H3/t9-,10+,11+,13-/m1/s1. The number of ketones is 1. The second-order valence-corrected chi connectivity index (χ2v) is 6.24. The second kappa shape index (κ2) is 2.15. The number of Topliss-reactive ketones (excluding diaryl/α,β-unsaturated/α-hetero) is 1. The number of allylic oxidation sites excluding steroid dienone is 1. The van der Waals surface area contributed by atoms with Crippen molar-refractivity contribution in [3.8, 4) is 0 Å². The fourth-order valence-electron chi connectivity index (χ4n) is 4.80. The number of hydrogen-bond donors (Lipinski definition) is 0. The predicted molar refractivity (Wildman–Crippen MR) is 55.7 cm³/mol. The molecule has 4 atom stereocenters. The van der Waals surface area contributed by atoms with Gasteiger partial charge in [0.15, 0.2) is 0 Å². The SMILES string of the molecule is C=CC[C@]12CC(=O)[C@@H]3[C@@H]([C@H]31)C(C)(C)C2. The zero-order valence-corrected chi connectivity index (χ0v) is 9.05. The molecule has 0 saturated heterocycles. The molecular weight excluding hydrogens is 172 g/mol. The Hall–Kier alpha value is -0.590. The molecule has 0 N–H and O–H groups in total. The van der Waals surface area contributed by atoms with Gasteiger partial charge >= 0.3 is 0 Å². The predicted octanol–water partition coefficient (Wildman–Crippen LogP) is 2.81. The van der Waals surface area contributed by atoms with Gasteiger partial charge in [-0.25, -0.2) is 0 Å². The molecule has 0 amide bonds. The lowest BCUT2D eigenvalue weighted by atomic mass is 9.75. The maximum absolute atomic E-state index is 11.8. The van der Waals surface area contributed by atoms with Crippen LogP contribution in [0.1, 0.15) is 33.1 Å². The molecule has 0 aromatic heterocycles. The highest BCUT2D eigenvalue weighted by molar-refractivity contribution is 5.89. The van der Waals surface area contributed by atoms with Crippen LogP contribution in [0.5, 0.6) is 0 Å². The first-order valence-electron chi connectivity index (χ1n) is 5.65. The van der Waals surface area contributed by atoms with E-state index in [2.05, 4.69) is 20.4 Å². The van der Waals surface area contributed by atoms with E-state index in [-0.39, 0.29) is 0 Å². The lowest BCUT2D eigenvalue weighted by Gasteiger charge is -2.29. The van der Waals surface area contributed by atoms with Gasteiger partial charge in [0.1, 0.15) is 5.78 Å². The minimum atomic E-state index is 0.331. The van der Waals surface area contributed by atoms with Crippen molar-refractivity contribution < 1.29 is 4.79 Å². The van der Waals surface area contributed by atoms with Crippen molar-refractivity contribution in [2.45, 2.75) is 33.1 Å². The summed E-state index contributed by atoms with van der Waals surface area (Å²) < 4.78 is 0. The molecule has 0 spiro atoms. The summed E-state index contributed by atoms with van der Waals surface area (Å²) in [5.41, 5.74) is 0.738. The molecule has 76 valence electrons. The Bertz CT molecular complexity index is 328. The smallest absolute Gasteiger partial charge is 0.137 e.